The Morgan fingerprint density at radius 2 is 1.71 bits per heavy atom. The number of nitrogens with zero attached hydrogens (tertiary/aromatic N) is 7. The molecule has 0 bridgehead atoms. The number of fused-ring (bicyclic) bond motifs is 4. The van der Waals surface area contributed by atoms with Gasteiger partial charge in [-0.3, -0.25) is 24.4 Å². The molecule has 3 aromatic heterocycles. The number of nitrogens with one attached hydrogen (secondary N) is 3. The molecule has 7 heterocycles. The number of hydrogen-bond acceptors (Lipinski definition) is 11. The smallest absolute Gasteiger partial charge is 0.301 e. The third-order valence-corrected chi connectivity index (χ3v) is 13.6. The standard InChI is InChI=1S/C44H48F4N10O4/c1-55-32-9-5-26(19-30(32)36-38(42(55)61)62-22-44(47,48)39(52-36)25-3-4-25)50-40-31(45)20-49-43(53-40)58-17-11-23(12-18-58)21-57-15-13-24(14-16-57)27-6-7-28-35(54-56(2)37(28)34(27)46)29-8-10-33(59)51-41(29)60/h5-7,9,19-20,23-25,29,39,52H,3-4,8,10-18,21-22H2,1-2H3,(H,49,50,53)(H,51,59,60). The van der Waals surface area contributed by atoms with Crippen molar-refractivity contribution >= 4 is 56.8 Å². The normalized spacial score (nSPS) is 22.6. The number of ether oxygens (including phenoxy) is 1. The number of aryl methyl sites for hydroxylation is 2. The summed E-state index contributed by atoms with van der Waals surface area (Å²) >= 11 is 0. The zero-order chi connectivity index (χ0) is 43.0. The molecule has 5 aromatic rings. The van der Waals surface area contributed by atoms with Gasteiger partial charge >= 0.3 is 5.92 Å². The molecule has 4 fully saturated rings. The number of carbonyl (C=O) groups excluding carboxylic acids is 2. The van der Waals surface area contributed by atoms with E-state index < -0.39 is 41.8 Å². The molecule has 18 heteroatoms. The molecular formula is C44H48F4N10O4. The molecule has 10 rings (SSSR count). The molecule has 62 heavy (non-hydrogen) atoms. The minimum atomic E-state index is -3.17. The Hall–Kier alpha value is -5.78. The lowest BCUT2D eigenvalue weighted by atomic mass is 9.86. The Labute approximate surface area is 354 Å². The minimum Gasteiger partial charge on any atom is -0.480 e. The Morgan fingerprint density at radius 1 is 0.935 bits per heavy atom. The number of piperidine rings is 3. The van der Waals surface area contributed by atoms with Gasteiger partial charge in [0.2, 0.25) is 23.5 Å². The number of rotatable bonds is 8. The summed E-state index contributed by atoms with van der Waals surface area (Å²) in [6.07, 6.45) is 6.48. The number of anilines is 4. The van der Waals surface area contributed by atoms with Gasteiger partial charge in [-0.15, -0.1) is 0 Å². The average molecular weight is 857 g/mol. The third-order valence-electron chi connectivity index (χ3n) is 13.6. The number of aromatic nitrogens is 5. The largest absolute Gasteiger partial charge is 0.480 e. The van der Waals surface area contributed by atoms with E-state index in [0.29, 0.717) is 83.0 Å². The summed E-state index contributed by atoms with van der Waals surface area (Å²) in [6, 6.07) is 7.59. The molecule has 2 unspecified atom stereocenters. The topological polar surface area (TPSA) is 152 Å². The number of hydrogen-bond donors (Lipinski definition) is 3. The van der Waals surface area contributed by atoms with E-state index in [-0.39, 0.29) is 47.2 Å². The zero-order valence-electron chi connectivity index (χ0n) is 34.5. The highest BCUT2D eigenvalue weighted by Crippen LogP contribution is 2.46. The summed E-state index contributed by atoms with van der Waals surface area (Å²) in [6.45, 7) is 3.10. The summed E-state index contributed by atoms with van der Waals surface area (Å²) in [7, 11) is 3.25. The number of imide groups is 1. The van der Waals surface area contributed by atoms with Crippen LogP contribution in [0.3, 0.4) is 0 Å². The second-order valence-electron chi connectivity index (χ2n) is 17.7. The highest BCUT2D eigenvalue weighted by atomic mass is 19.3. The Kier molecular flexibility index (Phi) is 10.1. The van der Waals surface area contributed by atoms with Crippen LogP contribution < -0.4 is 31.1 Å². The van der Waals surface area contributed by atoms with E-state index >= 15 is 17.6 Å². The Bertz CT molecular complexity index is 2670. The minimum absolute atomic E-state index is 0.0319. The molecule has 0 radical (unpaired) electrons. The molecule has 0 spiro atoms. The van der Waals surface area contributed by atoms with Crippen molar-refractivity contribution in [1.29, 1.82) is 0 Å². The third kappa shape index (κ3) is 7.28. The van der Waals surface area contributed by atoms with E-state index in [1.54, 1.807) is 32.3 Å². The summed E-state index contributed by atoms with van der Waals surface area (Å²) in [5.41, 5.74) is 2.19. The Morgan fingerprint density at radius 3 is 2.45 bits per heavy atom. The first-order valence-corrected chi connectivity index (χ1v) is 21.5. The number of pyridine rings is 1. The van der Waals surface area contributed by atoms with Gasteiger partial charge in [-0.25, -0.2) is 22.5 Å². The quantitative estimate of drug-likeness (QED) is 0.123. The van der Waals surface area contributed by atoms with E-state index in [9.17, 15) is 14.4 Å². The first kappa shape index (κ1) is 40.3. The van der Waals surface area contributed by atoms with E-state index in [2.05, 4.69) is 35.9 Å². The van der Waals surface area contributed by atoms with Gasteiger partial charge in [-0.1, -0.05) is 12.1 Å². The van der Waals surface area contributed by atoms with Crippen molar-refractivity contribution in [3.05, 3.63) is 69.8 Å². The summed E-state index contributed by atoms with van der Waals surface area (Å²) in [5.74, 6) is -4.94. The maximum Gasteiger partial charge on any atom is 0.301 e. The number of likely N-dealkylation sites (tertiary alicyclic amines) is 1. The maximum absolute atomic E-state index is 16.2. The number of carbonyl (C=O) groups is 2. The first-order valence-electron chi connectivity index (χ1n) is 21.5. The number of amides is 2. The van der Waals surface area contributed by atoms with E-state index in [1.807, 2.05) is 17.0 Å². The lowest BCUT2D eigenvalue weighted by molar-refractivity contribution is -0.134. The highest BCUT2D eigenvalue weighted by molar-refractivity contribution is 6.02. The fourth-order valence-corrected chi connectivity index (χ4v) is 10.0. The van der Waals surface area contributed by atoms with Crippen molar-refractivity contribution in [1.82, 2.24) is 34.5 Å². The zero-order valence-corrected chi connectivity index (χ0v) is 34.5. The lowest BCUT2D eigenvalue weighted by Crippen LogP contribution is -2.44. The van der Waals surface area contributed by atoms with Crippen molar-refractivity contribution in [2.75, 3.05) is 54.9 Å². The van der Waals surface area contributed by atoms with Crippen LogP contribution in [0.5, 0.6) is 5.75 Å². The lowest BCUT2D eigenvalue weighted by Gasteiger charge is -2.38. The molecule has 326 valence electrons. The van der Waals surface area contributed by atoms with Crippen LogP contribution >= 0.6 is 0 Å². The van der Waals surface area contributed by atoms with Gasteiger partial charge < -0.3 is 29.7 Å². The average Bonchev–Trinajstić information content (AvgIpc) is 4.06. The van der Waals surface area contributed by atoms with Crippen LogP contribution in [0, 0.1) is 23.5 Å². The first-order chi connectivity index (χ1) is 29.8. The second-order valence-corrected chi connectivity index (χ2v) is 17.7. The molecule has 3 saturated heterocycles. The van der Waals surface area contributed by atoms with Gasteiger partial charge in [0.1, 0.15) is 5.52 Å². The van der Waals surface area contributed by atoms with Gasteiger partial charge in [-0.05, 0) is 99.6 Å². The molecule has 2 amide bonds. The Balaban J connectivity index is 0.770. The van der Waals surface area contributed by atoms with E-state index in [4.69, 9.17) is 4.74 Å². The molecule has 5 aliphatic rings. The van der Waals surface area contributed by atoms with Gasteiger partial charge in [0.05, 0.1) is 35.1 Å². The summed E-state index contributed by atoms with van der Waals surface area (Å²) < 4.78 is 70.0. The van der Waals surface area contributed by atoms with Crippen LogP contribution in [0.2, 0.25) is 0 Å². The van der Waals surface area contributed by atoms with Crippen molar-refractivity contribution in [2.24, 2.45) is 25.9 Å². The van der Waals surface area contributed by atoms with Gasteiger partial charge in [0.15, 0.2) is 24.1 Å². The summed E-state index contributed by atoms with van der Waals surface area (Å²) in [5, 5.41) is 14.0. The molecule has 4 aliphatic heterocycles. The monoisotopic (exact) mass is 856 g/mol. The molecule has 2 aromatic carbocycles. The molecule has 1 aliphatic carbocycles. The predicted octanol–water partition coefficient (Wildman–Crippen LogP) is 6.07. The SMILES string of the molecule is Cn1nc(C2CCC(=O)NC2=O)c2ccc(C3CCN(CC4CCN(c5ncc(F)c(Nc6ccc7c(c6)c6c(c(=O)n7C)OCC(F)(F)C(C7CC7)N6)n5)CC4)CC3)c(F)c21. The highest BCUT2D eigenvalue weighted by Gasteiger charge is 2.51. The van der Waals surface area contributed by atoms with Crippen LogP contribution in [-0.4, -0.2) is 92.3 Å². The van der Waals surface area contributed by atoms with Gasteiger partial charge in [-0.2, -0.15) is 10.1 Å². The van der Waals surface area contributed by atoms with Crippen LogP contribution in [0.25, 0.3) is 21.8 Å². The van der Waals surface area contributed by atoms with Crippen LogP contribution in [-0.2, 0) is 23.7 Å². The summed E-state index contributed by atoms with van der Waals surface area (Å²) in [4.78, 5) is 50.9. The number of halogens is 4. The van der Waals surface area contributed by atoms with Crippen LogP contribution in [0.15, 0.2) is 41.3 Å². The van der Waals surface area contributed by atoms with Gasteiger partial charge in [0, 0.05) is 56.6 Å². The fraction of sp³-hybridized carbons (Fsp3) is 0.500. The van der Waals surface area contributed by atoms with E-state index in [0.717, 1.165) is 51.5 Å². The molecular weight excluding hydrogens is 809 g/mol. The predicted molar refractivity (Wildman–Crippen MR) is 224 cm³/mol. The molecule has 3 N–H and O–H groups in total. The number of alkyl halides is 2. The number of benzene rings is 2. The van der Waals surface area contributed by atoms with Crippen molar-refractivity contribution < 1.29 is 31.9 Å². The maximum atomic E-state index is 16.2. The van der Waals surface area contributed by atoms with Crippen molar-refractivity contribution in [3.8, 4) is 5.75 Å². The van der Waals surface area contributed by atoms with E-state index in [1.165, 1.54) is 9.25 Å². The molecule has 1 saturated carbocycles. The van der Waals surface area contributed by atoms with Crippen LogP contribution in [0.4, 0.5) is 40.7 Å². The molecule has 2 atom stereocenters. The molecule has 14 nitrogen and oxygen atoms in total. The fourth-order valence-electron chi connectivity index (χ4n) is 10.0. The van der Waals surface area contributed by atoms with Crippen molar-refractivity contribution in [2.45, 2.75) is 75.2 Å². The van der Waals surface area contributed by atoms with Crippen LogP contribution in [0.1, 0.15) is 74.5 Å². The van der Waals surface area contributed by atoms with Crippen molar-refractivity contribution in [3.63, 3.8) is 0 Å². The van der Waals surface area contributed by atoms with Gasteiger partial charge in [0.25, 0.3) is 5.56 Å². The second kappa shape index (κ2) is 15.5.